The summed E-state index contributed by atoms with van der Waals surface area (Å²) in [6, 6.07) is 10.8. The highest BCUT2D eigenvalue weighted by atomic mass is 35.5. The number of sulfonamides is 1. The van der Waals surface area contributed by atoms with E-state index >= 15 is 0 Å². The number of hydrogen-bond donors (Lipinski definition) is 1. The third-order valence-electron chi connectivity index (χ3n) is 2.47. The Bertz CT molecular complexity index is 783. The quantitative estimate of drug-likeness (QED) is 0.946. The van der Waals surface area contributed by atoms with Crippen LogP contribution in [0, 0.1) is 17.1 Å². The third-order valence-corrected chi connectivity index (χ3v) is 4.15. The van der Waals surface area contributed by atoms with Crippen LogP contribution in [0.5, 0.6) is 0 Å². The molecule has 7 heteroatoms. The molecule has 0 bridgehead atoms. The monoisotopic (exact) mass is 310 g/mol. The Hall–Kier alpha value is -2.10. The van der Waals surface area contributed by atoms with Gasteiger partial charge in [-0.05, 0) is 42.5 Å². The number of nitrogens with zero attached hydrogens (tertiary/aromatic N) is 1. The van der Waals surface area contributed by atoms with Gasteiger partial charge in [-0.25, -0.2) is 12.8 Å². The van der Waals surface area contributed by atoms with Gasteiger partial charge in [0.15, 0.2) is 0 Å². The molecule has 0 atom stereocenters. The summed E-state index contributed by atoms with van der Waals surface area (Å²) in [7, 11) is -3.81. The van der Waals surface area contributed by atoms with Crippen molar-refractivity contribution in [2.45, 2.75) is 4.90 Å². The van der Waals surface area contributed by atoms with Gasteiger partial charge in [-0.1, -0.05) is 11.6 Å². The lowest BCUT2D eigenvalue weighted by atomic mass is 10.2. The molecule has 0 saturated heterocycles. The second kappa shape index (κ2) is 5.49. The average molecular weight is 311 g/mol. The zero-order valence-electron chi connectivity index (χ0n) is 9.97. The second-order valence-electron chi connectivity index (χ2n) is 3.87. The van der Waals surface area contributed by atoms with Crippen LogP contribution in [0.4, 0.5) is 10.1 Å². The molecule has 0 aliphatic carbocycles. The molecule has 0 aliphatic rings. The highest BCUT2D eigenvalue weighted by Crippen LogP contribution is 2.22. The Morgan fingerprint density at radius 3 is 2.35 bits per heavy atom. The lowest BCUT2D eigenvalue weighted by molar-refractivity contribution is 0.601. The van der Waals surface area contributed by atoms with E-state index in [1.807, 2.05) is 6.07 Å². The summed E-state index contributed by atoms with van der Waals surface area (Å²) in [4.78, 5) is -0.00283. The van der Waals surface area contributed by atoms with Crippen LogP contribution in [0.25, 0.3) is 0 Å². The smallest absolute Gasteiger partial charge is 0.261 e. The number of nitriles is 1. The Labute approximate surface area is 120 Å². The standard InChI is InChI=1S/C13H8ClFN2O2S/c14-12-7-10(3-6-13(12)15)17-20(18,19)11-4-1-9(8-16)2-5-11/h1-7,17H. The van der Waals surface area contributed by atoms with E-state index in [1.165, 1.54) is 36.4 Å². The largest absolute Gasteiger partial charge is 0.280 e. The van der Waals surface area contributed by atoms with Crippen molar-refractivity contribution in [2.75, 3.05) is 4.72 Å². The van der Waals surface area contributed by atoms with Crippen molar-refractivity contribution in [1.29, 1.82) is 5.26 Å². The molecule has 2 aromatic carbocycles. The van der Waals surface area contributed by atoms with Crippen LogP contribution in [0.15, 0.2) is 47.4 Å². The van der Waals surface area contributed by atoms with Crippen molar-refractivity contribution < 1.29 is 12.8 Å². The summed E-state index contributed by atoms with van der Waals surface area (Å²) in [5.41, 5.74) is 0.509. The molecule has 0 fully saturated rings. The highest BCUT2D eigenvalue weighted by molar-refractivity contribution is 7.92. The molecule has 102 valence electrons. The van der Waals surface area contributed by atoms with Crippen molar-refractivity contribution >= 4 is 27.3 Å². The maximum Gasteiger partial charge on any atom is 0.261 e. The molecule has 2 rings (SSSR count). The molecule has 0 aliphatic heterocycles. The molecule has 4 nitrogen and oxygen atoms in total. The van der Waals surface area contributed by atoms with Gasteiger partial charge in [0, 0.05) is 0 Å². The van der Waals surface area contributed by atoms with Crippen molar-refractivity contribution in [2.24, 2.45) is 0 Å². The van der Waals surface area contributed by atoms with Crippen LogP contribution in [0.1, 0.15) is 5.56 Å². The van der Waals surface area contributed by atoms with Gasteiger partial charge >= 0.3 is 0 Å². The van der Waals surface area contributed by atoms with E-state index in [1.54, 1.807) is 0 Å². The number of nitrogens with one attached hydrogen (secondary N) is 1. The summed E-state index contributed by atoms with van der Waals surface area (Å²) in [6.07, 6.45) is 0. The van der Waals surface area contributed by atoms with Gasteiger partial charge in [0.25, 0.3) is 10.0 Å². The number of benzene rings is 2. The maximum atomic E-state index is 13.0. The fourth-order valence-corrected chi connectivity index (χ4v) is 2.71. The molecule has 0 unspecified atom stereocenters. The van der Waals surface area contributed by atoms with Crippen LogP contribution < -0.4 is 4.72 Å². The summed E-state index contributed by atoms with van der Waals surface area (Å²) in [6.45, 7) is 0. The SMILES string of the molecule is N#Cc1ccc(S(=O)(=O)Nc2ccc(F)c(Cl)c2)cc1. The van der Waals surface area contributed by atoms with Gasteiger partial charge in [0.1, 0.15) is 5.82 Å². The zero-order valence-corrected chi connectivity index (χ0v) is 11.5. The van der Waals surface area contributed by atoms with Crippen molar-refractivity contribution in [3.8, 4) is 6.07 Å². The summed E-state index contributed by atoms with van der Waals surface area (Å²) in [5.74, 6) is -0.631. The van der Waals surface area contributed by atoms with E-state index in [-0.39, 0.29) is 15.6 Å². The van der Waals surface area contributed by atoms with Crippen LogP contribution >= 0.6 is 11.6 Å². The van der Waals surface area contributed by atoms with E-state index in [2.05, 4.69) is 4.72 Å². The van der Waals surface area contributed by atoms with E-state index < -0.39 is 15.8 Å². The number of anilines is 1. The van der Waals surface area contributed by atoms with Gasteiger partial charge in [-0.3, -0.25) is 4.72 Å². The second-order valence-corrected chi connectivity index (χ2v) is 5.96. The highest BCUT2D eigenvalue weighted by Gasteiger charge is 2.14. The van der Waals surface area contributed by atoms with Crippen LogP contribution in [-0.2, 0) is 10.0 Å². The minimum atomic E-state index is -3.81. The molecule has 0 amide bonds. The minimum absolute atomic E-state index is 0.00283. The molecular formula is C13H8ClFN2O2S. The zero-order chi connectivity index (χ0) is 14.8. The first-order chi connectivity index (χ1) is 9.42. The molecule has 0 radical (unpaired) electrons. The van der Waals surface area contributed by atoms with E-state index in [4.69, 9.17) is 16.9 Å². The van der Waals surface area contributed by atoms with Crippen LogP contribution in [0.2, 0.25) is 5.02 Å². The topological polar surface area (TPSA) is 70.0 Å². The first-order valence-electron chi connectivity index (χ1n) is 5.40. The number of rotatable bonds is 3. The lowest BCUT2D eigenvalue weighted by Crippen LogP contribution is -2.12. The van der Waals surface area contributed by atoms with Crippen LogP contribution in [-0.4, -0.2) is 8.42 Å². The Morgan fingerprint density at radius 2 is 1.80 bits per heavy atom. The molecule has 1 N–H and O–H groups in total. The molecular weight excluding hydrogens is 303 g/mol. The normalized spacial score (nSPS) is 10.8. The minimum Gasteiger partial charge on any atom is -0.280 e. The summed E-state index contributed by atoms with van der Waals surface area (Å²) in [5, 5.41) is 8.48. The average Bonchev–Trinajstić information content (AvgIpc) is 2.43. The maximum absolute atomic E-state index is 13.0. The first kappa shape index (κ1) is 14.3. The van der Waals surface area contributed by atoms with Crippen molar-refractivity contribution in [1.82, 2.24) is 0 Å². The fourth-order valence-electron chi connectivity index (χ4n) is 1.48. The van der Waals surface area contributed by atoms with Crippen molar-refractivity contribution in [3.63, 3.8) is 0 Å². The Kier molecular flexibility index (Phi) is 3.93. The van der Waals surface area contributed by atoms with Gasteiger partial charge in [0.05, 0.1) is 27.2 Å². The van der Waals surface area contributed by atoms with Crippen molar-refractivity contribution in [3.05, 3.63) is 58.9 Å². The fraction of sp³-hybridized carbons (Fsp3) is 0. The Morgan fingerprint density at radius 1 is 1.15 bits per heavy atom. The Balaban J connectivity index is 2.30. The first-order valence-corrected chi connectivity index (χ1v) is 7.26. The van der Waals surface area contributed by atoms with Gasteiger partial charge < -0.3 is 0 Å². The molecule has 0 saturated carbocycles. The third kappa shape index (κ3) is 3.07. The summed E-state index contributed by atoms with van der Waals surface area (Å²) >= 11 is 5.58. The molecule has 0 heterocycles. The lowest BCUT2D eigenvalue weighted by Gasteiger charge is -2.08. The van der Waals surface area contributed by atoms with E-state index in [0.717, 1.165) is 6.07 Å². The molecule has 20 heavy (non-hydrogen) atoms. The predicted molar refractivity (Wildman–Crippen MR) is 73.4 cm³/mol. The molecule has 2 aromatic rings. The number of hydrogen-bond acceptors (Lipinski definition) is 3. The summed E-state index contributed by atoms with van der Waals surface area (Å²) < 4.78 is 39.4. The van der Waals surface area contributed by atoms with Crippen LogP contribution in [0.3, 0.4) is 0 Å². The van der Waals surface area contributed by atoms with Gasteiger partial charge in [-0.2, -0.15) is 5.26 Å². The van der Waals surface area contributed by atoms with Gasteiger partial charge in [-0.15, -0.1) is 0 Å². The van der Waals surface area contributed by atoms with Gasteiger partial charge in [0.2, 0.25) is 0 Å². The molecule has 0 spiro atoms. The van der Waals surface area contributed by atoms with E-state index in [0.29, 0.717) is 5.56 Å². The predicted octanol–water partition coefficient (Wildman–Crippen LogP) is 3.15. The number of halogens is 2. The molecule has 0 aromatic heterocycles. The van der Waals surface area contributed by atoms with E-state index in [9.17, 15) is 12.8 Å².